The van der Waals surface area contributed by atoms with Crippen LogP contribution in [0.1, 0.15) is 0 Å². The van der Waals surface area contributed by atoms with E-state index in [4.69, 9.17) is 9.15 Å². The highest BCUT2D eigenvalue weighted by Gasteiger charge is 2.19. The number of halogens is 2. The lowest BCUT2D eigenvalue weighted by Gasteiger charge is -2.15. The van der Waals surface area contributed by atoms with E-state index in [0.29, 0.717) is 17.2 Å². The van der Waals surface area contributed by atoms with Gasteiger partial charge in [-0.15, -0.1) is 0 Å². The van der Waals surface area contributed by atoms with Crippen LogP contribution in [0.3, 0.4) is 0 Å². The first kappa shape index (κ1) is 20.5. The minimum Gasteiger partial charge on any atom is -0.454 e. The monoisotopic (exact) mass is 447 g/mol. The van der Waals surface area contributed by atoms with Crippen molar-refractivity contribution < 1.29 is 26.4 Å². The van der Waals surface area contributed by atoms with Crippen LogP contribution in [-0.2, 0) is 17.1 Å². The Balaban J connectivity index is 1.94. The second kappa shape index (κ2) is 7.51. The number of sulfonamides is 1. The van der Waals surface area contributed by atoms with Crippen molar-refractivity contribution in [1.29, 1.82) is 0 Å². The van der Waals surface area contributed by atoms with E-state index in [9.17, 15) is 22.0 Å². The van der Waals surface area contributed by atoms with E-state index in [2.05, 4.69) is 9.71 Å². The van der Waals surface area contributed by atoms with Gasteiger partial charge in [0.25, 0.3) is 5.56 Å². The lowest BCUT2D eigenvalue weighted by molar-refractivity contribution is 0.439. The van der Waals surface area contributed by atoms with Gasteiger partial charge >= 0.3 is 0 Å². The summed E-state index contributed by atoms with van der Waals surface area (Å²) < 4.78 is 65.2. The third kappa shape index (κ3) is 4.12. The third-order valence-electron chi connectivity index (χ3n) is 4.35. The van der Waals surface area contributed by atoms with Gasteiger partial charge in [-0.2, -0.15) is 0 Å². The van der Waals surface area contributed by atoms with Crippen molar-refractivity contribution >= 4 is 26.8 Å². The van der Waals surface area contributed by atoms with Crippen molar-refractivity contribution in [1.82, 2.24) is 9.55 Å². The summed E-state index contributed by atoms with van der Waals surface area (Å²) in [6, 6.07) is 7.14. The Hall–Kier alpha value is -3.73. The molecule has 2 aromatic heterocycles. The number of rotatable bonds is 5. The first-order valence-electron chi connectivity index (χ1n) is 8.80. The van der Waals surface area contributed by atoms with Crippen LogP contribution in [0.4, 0.5) is 14.5 Å². The maximum atomic E-state index is 14.2. The van der Waals surface area contributed by atoms with Crippen LogP contribution in [0.5, 0.6) is 11.5 Å². The summed E-state index contributed by atoms with van der Waals surface area (Å²) in [5.74, 6) is -1.81. The van der Waals surface area contributed by atoms with Crippen molar-refractivity contribution in [2.45, 2.75) is 0 Å². The average molecular weight is 447 g/mol. The molecule has 0 saturated heterocycles. The van der Waals surface area contributed by atoms with Crippen LogP contribution in [0.2, 0.25) is 0 Å². The Bertz CT molecular complexity index is 1480. The van der Waals surface area contributed by atoms with Gasteiger partial charge in [-0.1, -0.05) is 0 Å². The number of aromatic nitrogens is 2. The summed E-state index contributed by atoms with van der Waals surface area (Å²) in [4.78, 5) is 16.4. The van der Waals surface area contributed by atoms with Crippen LogP contribution < -0.4 is 15.0 Å². The molecular weight excluding hydrogens is 432 g/mol. The van der Waals surface area contributed by atoms with Crippen molar-refractivity contribution in [3.8, 4) is 22.6 Å². The maximum Gasteiger partial charge on any atom is 0.295 e. The van der Waals surface area contributed by atoms with E-state index < -0.39 is 27.2 Å². The predicted molar refractivity (Wildman–Crippen MR) is 110 cm³/mol. The quantitative estimate of drug-likeness (QED) is 0.501. The number of oxazole rings is 1. The number of anilines is 1. The number of hydrogen-bond acceptors (Lipinski definition) is 6. The molecule has 160 valence electrons. The summed E-state index contributed by atoms with van der Waals surface area (Å²) in [7, 11) is -2.08. The summed E-state index contributed by atoms with van der Waals surface area (Å²) in [6.45, 7) is 0. The van der Waals surface area contributed by atoms with Gasteiger partial charge in [-0.25, -0.2) is 22.2 Å². The van der Waals surface area contributed by atoms with Gasteiger partial charge in [-0.05, 0) is 30.3 Å². The molecule has 4 rings (SSSR count). The number of nitrogens with one attached hydrogen (secondary N) is 1. The minimum atomic E-state index is -3.59. The molecule has 8 nitrogen and oxygen atoms in total. The maximum absolute atomic E-state index is 14.2. The molecule has 0 radical (unpaired) electrons. The van der Waals surface area contributed by atoms with Gasteiger partial charge in [0, 0.05) is 36.1 Å². The molecule has 0 bridgehead atoms. The summed E-state index contributed by atoms with van der Waals surface area (Å²) >= 11 is 0. The van der Waals surface area contributed by atoms with Gasteiger partial charge in [0.2, 0.25) is 15.6 Å². The van der Waals surface area contributed by atoms with Crippen LogP contribution in [0.15, 0.2) is 58.2 Å². The number of nitrogens with zero attached hydrogens (tertiary/aromatic N) is 2. The van der Waals surface area contributed by atoms with Gasteiger partial charge in [0.15, 0.2) is 18.0 Å². The Morgan fingerprint density at radius 1 is 1.10 bits per heavy atom. The Morgan fingerprint density at radius 3 is 2.55 bits per heavy atom. The number of hydrogen-bond donors (Lipinski definition) is 1. The fraction of sp³-hybridized carbons (Fsp3) is 0.100. The van der Waals surface area contributed by atoms with E-state index in [1.54, 1.807) is 0 Å². The zero-order valence-electron chi connectivity index (χ0n) is 16.2. The molecular formula is C20H15F2N3O5S. The van der Waals surface area contributed by atoms with Gasteiger partial charge in [-0.3, -0.25) is 9.52 Å². The normalized spacial score (nSPS) is 11.6. The van der Waals surface area contributed by atoms with Crippen LogP contribution in [0.25, 0.3) is 22.2 Å². The molecule has 0 fully saturated rings. The molecule has 0 atom stereocenters. The zero-order chi connectivity index (χ0) is 22.3. The molecule has 0 aliphatic rings. The van der Waals surface area contributed by atoms with Crippen molar-refractivity contribution in [2.75, 3.05) is 11.0 Å². The molecule has 0 aliphatic carbocycles. The Kier molecular flexibility index (Phi) is 4.97. The number of ether oxygens (including phenoxy) is 1. The molecule has 0 aliphatic heterocycles. The van der Waals surface area contributed by atoms with E-state index in [0.717, 1.165) is 24.8 Å². The highest BCUT2D eigenvalue weighted by molar-refractivity contribution is 7.92. The first-order chi connectivity index (χ1) is 14.6. The Morgan fingerprint density at radius 2 is 1.84 bits per heavy atom. The molecule has 0 unspecified atom stereocenters. The lowest BCUT2D eigenvalue weighted by Crippen LogP contribution is -2.16. The molecule has 0 saturated carbocycles. The number of aryl methyl sites for hydroxylation is 1. The summed E-state index contributed by atoms with van der Waals surface area (Å²) in [5, 5.41) is 0. The molecule has 31 heavy (non-hydrogen) atoms. The van der Waals surface area contributed by atoms with E-state index in [1.165, 1.54) is 36.0 Å². The highest BCUT2D eigenvalue weighted by Crippen LogP contribution is 2.38. The SMILES string of the molecule is Cn1cc(-c2cc(NS(C)(=O)=O)ccc2Oc2ccc(F)cc2F)c2ncoc2c1=O. The summed E-state index contributed by atoms with van der Waals surface area (Å²) in [6.07, 6.45) is 3.57. The molecule has 1 N–H and O–H groups in total. The Labute approximate surface area is 174 Å². The number of fused-ring (bicyclic) bond motifs is 1. The van der Waals surface area contributed by atoms with E-state index in [-0.39, 0.29) is 28.3 Å². The fourth-order valence-electron chi connectivity index (χ4n) is 3.04. The molecule has 2 heterocycles. The predicted octanol–water partition coefficient (Wildman–Crippen LogP) is 3.64. The topological polar surface area (TPSA) is 103 Å². The average Bonchev–Trinajstić information content (AvgIpc) is 3.17. The van der Waals surface area contributed by atoms with Crippen molar-refractivity contribution in [3.63, 3.8) is 0 Å². The van der Waals surface area contributed by atoms with Crippen LogP contribution in [0, 0.1) is 11.6 Å². The van der Waals surface area contributed by atoms with Gasteiger partial charge < -0.3 is 13.7 Å². The van der Waals surface area contributed by atoms with Crippen molar-refractivity contribution in [3.05, 3.63) is 71.0 Å². The van der Waals surface area contributed by atoms with Crippen molar-refractivity contribution in [2.24, 2.45) is 7.05 Å². The standard InChI is InChI=1S/C20H15F2N3O5S/c1-25-9-14(18-19(20(25)26)29-10-23-18)13-8-12(24-31(2,27)28)4-6-16(13)30-17-5-3-11(21)7-15(17)22/h3-10,24H,1-2H3. The fourth-order valence-corrected chi connectivity index (χ4v) is 3.60. The molecule has 11 heteroatoms. The first-order valence-corrected chi connectivity index (χ1v) is 10.7. The zero-order valence-corrected chi connectivity index (χ0v) is 17.0. The molecule has 0 spiro atoms. The molecule has 4 aromatic rings. The van der Waals surface area contributed by atoms with Crippen LogP contribution in [-0.4, -0.2) is 24.2 Å². The second-order valence-electron chi connectivity index (χ2n) is 6.75. The molecule has 0 amide bonds. The number of benzene rings is 2. The van der Waals surface area contributed by atoms with E-state index in [1.807, 2.05) is 0 Å². The highest BCUT2D eigenvalue weighted by atomic mass is 32.2. The number of pyridine rings is 1. The van der Waals surface area contributed by atoms with Crippen LogP contribution >= 0.6 is 0 Å². The van der Waals surface area contributed by atoms with Gasteiger partial charge in [0.05, 0.1) is 6.26 Å². The minimum absolute atomic E-state index is 0.0135. The lowest BCUT2D eigenvalue weighted by atomic mass is 10.0. The second-order valence-corrected chi connectivity index (χ2v) is 8.50. The summed E-state index contributed by atoms with van der Waals surface area (Å²) in [5.41, 5.74) is 0.653. The smallest absolute Gasteiger partial charge is 0.295 e. The third-order valence-corrected chi connectivity index (χ3v) is 4.95. The molecule has 2 aromatic carbocycles. The van der Waals surface area contributed by atoms with Gasteiger partial charge in [0.1, 0.15) is 17.1 Å². The largest absolute Gasteiger partial charge is 0.454 e. The van der Waals surface area contributed by atoms with E-state index >= 15 is 0 Å².